The van der Waals surface area contributed by atoms with Crippen LogP contribution < -0.4 is 10.1 Å². The minimum absolute atomic E-state index is 0.315. The first-order chi connectivity index (χ1) is 16.1. The molecule has 0 unspecified atom stereocenters. The molecule has 7 nitrogen and oxygen atoms in total. The third kappa shape index (κ3) is 4.15. The Bertz CT molecular complexity index is 1410. The van der Waals surface area contributed by atoms with Crippen molar-refractivity contribution in [3.63, 3.8) is 0 Å². The van der Waals surface area contributed by atoms with Crippen LogP contribution in [-0.4, -0.2) is 38.0 Å². The number of ether oxygens (including phenoxy) is 1. The van der Waals surface area contributed by atoms with Crippen LogP contribution in [0.1, 0.15) is 5.69 Å². The van der Waals surface area contributed by atoms with Gasteiger partial charge in [-0.05, 0) is 37.3 Å². The van der Waals surface area contributed by atoms with Crippen molar-refractivity contribution < 1.29 is 9.13 Å². The molecule has 1 N–H and O–H groups in total. The molecule has 166 valence electrons. The van der Waals surface area contributed by atoms with E-state index in [9.17, 15) is 4.39 Å². The summed E-state index contributed by atoms with van der Waals surface area (Å²) in [5.74, 6) is 0.949. The van der Waals surface area contributed by atoms with Crippen molar-refractivity contribution in [3.05, 3.63) is 84.8 Å². The normalized spacial score (nSPS) is 11.1. The van der Waals surface area contributed by atoms with Gasteiger partial charge in [-0.15, -0.1) is 0 Å². The Morgan fingerprint density at radius 1 is 1.06 bits per heavy atom. The number of nitrogens with zero attached hydrogens (tertiary/aromatic N) is 5. The highest BCUT2D eigenvalue weighted by Crippen LogP contribution is 2.30. The zero-order chi connectivity index (χ0) is 22.8. The fraction of sp³-hybridized carbons (Fsp3) is 0.160. The number of aryl methyl sites for hydroxylation is 1. The number of hydrogen-bond acceptors (Lipinski definition) is 5. The number of rotatable bonds is 7. The van der Waals surface area contributed by atoms with Crippen LogP contribution in [0, 0.1) is 12.7 Å². The maximum absolute atomic E-state index is 14.1. The van der Waals surface area contributed by atoms with Gasteiger partial charge in [0.15, 0.2) is 0 Å². The summed E-state index contributed by atoms with van der Waals surface area (Å²) in [6, 6.07) is 16.8. The molecule has 3 aromatic heterocycles. The quantitative estimate of drug-likeness (QED) is 0.390. The molecule has 5 aromatic rings. The summed E-state index contributed by atoms with van der Waals surface area (Å²) in [5.41, 5.74) is 4.60. The molecule has 0 saturated heterocycles. The van der Waals surface area contributed by atoms with Crippen molar-refractivity contribution >= 4 is 16.7 Å². The van der Waals surface area contributed by atoms with E-state index in [4.69, 9.17) is 4.74 Å². The van der Waals surface area contributed by atoms with Crippen LogP contribution in [0.3, 0.4) is 0 Å². The van der Waals surface area contributed by atoms with Crippen molar-refractivity contribution in [1.82, 2.24) is 24.3 Å². The maximum atomic E-state index is 14.1. The second kappa shape index (κ2) is 8.74. The first-order valence-corrected chi connectivity index (χ1v) is 10.6. The zero-order valence-electron chi connectivity index (χ0n) is 18.4. The number of anilines is 1. The minimum Gasteiger partial charge on any atom is -0.496 e. The third-order valence-electron chi connectivity index (χ3n) is 5.59. The van der Waals surface area contributed by atoms with Crippen molar-refractivity contribution in [2.24, 2.45) is 0 Å². The zero-order valence-corrected chi connectivity index (χ0v) is 18.4. The van der Waals surface area contributed by atoms with Gasteiger partial charge < -0.3 is 14.6 Å². The van der Waals surface area contributed by atoms with Crippen LogP contribution in [0.2, 0.25) is 0 Å². The lowest BCUT2D eigenvalue weighted by molar-refractivity contribution is 0.416. The van der Waals surface area contributed by atoms with Gasteiger partial charge in [0.25, 0.3) is 0 Å². The SMILES string of the molecule is COc1cc(F)cc2c1cc(C)n2CCNc1cc(-c2cccc(-n3cccn3)c2)ncn1. The van der Waals surface area contributed by atoms with Crippen LogP contribution in [0.25, 0.3) is 27.8 Å². The van der Waals surface area contributed by atoms with Crippen molar-refractivity contribution in [1.29, 1.82) is 0 Å². The summed E-state index contributed by atoms with van der Waals surface area (Å²) in [6.07, 6.45) is 5.20. The Hall–Kier alpha value is -4.20. The number of aromatic nitrogens is 5. The lowest BCUT2D eigenvalue weighted by Crippen LogP contribution is -2.12. The largest absolute Gasteiger partial charge is 0.496 e. The van der Waals surface area contributed by atoms with Crippen LogP contribution in [0.4, 0.5) is 10.2 Å². The molecule has 0 aliphatic heterocycles. The van der Waals surface area contributed by atoms with E-state index in [0.29, 0.717) is 18.8 Å². The predicted octanol–water partition coefficient (Wildman–Crippen LogP) is 4.85. The average molecular weight is 442 g/mol. The Morgan fingerprint density at radius 3 is 2.79 bits per heavy atom. The molecule has 0 spiro atoms. The molecule has 2 aromatic carbocycles. The van der Waals surface area contributed by atoms with E-state index in [2.05, 4.69) is 25.0 Å². The number of nitrogens with one attached hydrogen (secondary N) is 1. The molecule has 5 rings (SSSR count). The van der Waals surface area contributed by atoms with E-state index in [1.54, 1.807) is 25.7 Å². The van der Waals surface area contributed by atoms with Crippen LogP contribution in [-0.2, 0) is 6.54 Å². The summed E-state index contributed by atoms with van der Waals surface area (Å²) in [7, 11) is 1.56. The van der Waals surface area contributed by atoms with E-state index in [1.807, 2.05) is 60.3 Å². The molecule has 0 saturated carbocycles. The molecule has 0 fully saturated rings. The summed E-state index contributed by atoms with van der Waals surface area (Å²) in [5, 5.41) is 8.54. The highest BCUT2D eigenvalue weighted by atomic mass is 19.1. The van der Waals surface area contributed by atoms with Crippen LogP contribution in [0.15, 0.2) is 73.3 Å². The van der Waals surface area contributed by atoms with Gasteiger partial charge in [-0.1, -0.05) is 12.1 Å². The minimum atomic E-state index is -0.315. The summed E-state index contributed by atoms with van der Waals surface area (Å²) in [6.45, 7) is 3.27. The Morgan fingerprint density at radius 2 is 1.97 bits per heavy atom. The molecule has 3 heterocycles. The molecule has 0 amide bonds. The third-order valence-corrected chi connectivity index (χ3v) is 5.59. The van der Waals surface area contributed by atoms with Crippen LogP contribution >= 0.6 is 0 Å². The summed E-state index contributed by atoms with van der Waals surface area (Å²) >= 11 is 0. The molecule has 0 aliphatic rings. The number of benzene rings is 2. The highest BCUT2D eigenvalue weighted by molar-refractivity contribution is 5.87. The number of hydrogen-bond donors (Lipinski definition) is 1. The fourth-order valence-corrected chi connectivity index (χ4v) is 4.03. The monoisotopic (exact) mass is 442 g/mol. The second-order valence-corrected chi connectivity index (χ2v) is 7.69. The first kappa shape index (κ1) is 20.7. The van der Waals surface area contributed by atoms with Gasteiger partial charge in [0.2, 0.25) is 0 Å². The standard InChI is InChI=1S/C25H23FN6O/c1-17-11-21-23(13-19(26)14-24(21)33-2)31(17)10-8-27-25-15-22(28-16-29-25)18-5-3-6-20(12-18)32-9-4-7-30-32/h3-7,9,11-16H,8,10H2,1-2H3,(H,27,28,29). The Labute approximate surface area is 190 Å². The summed E-state index contributed by atoms with van der Waals surface area (Å²) < 4.78 is 23.3. The maximum Gasteiger partial charge on any atom is 0.131 e. The van der Waals surface area contributed by atoms with Crippen LogP contribution in [0.5, 0.6) is 5.75 Å². The first-order valence-electron chi connectivity index (χ1n) is 10.6. The van der Waals surface area contributed by atoms with Gasteiger partial charge in [0, 0.05) is 54.3 Å². The highest BCUT2D eigenvalue weighted by Gasteiger charge is 2.12. The summed E-state index contributed by atoms with van der Waals surface area (Å²) in [4.78, 5) is 8.79. The second-order valence-electron chi connectivity index (χ2n) is 7.69. The van der Waals surface area contributed by atoms with Gasteiger partial charge >= 0.3 is 0 Å². The lowest BCUT2D eigenvalue weighted by atomic mass is 10.1. The molecule has 33 heavy (non-hydrogen) atoms. The van der Waals surface area contributed by atoms with Gasteiger partial charge in [-0.25, -0.2) is 19.0 Å². The fourth-order valence-electron chi connectivity index (χ4n) is 4.03. The van der Waals surface area contributed by atoms with Crippen molar-refractivity contribution in [2.75, 3.05) is 19.0 Å². The van der Waals surface area contributed by atoms with E-state index in [0.717, 1.165) is 39.4 Å². The van der Waals surface area contributed by atoms with Crippen molar-refractivity contribution in [2.45, 2.75) is 13.5 Å². The lowest BCUT2D eigenvalue weighted by Gasteiger charge is -2.11. The van der Waals surface area contributed by atoms with E-state index >= 15 is 0 Å². The number of fused-ring (bicyclic) bond motifs is 1. The molecule has 0 aliphatic carbocycles. The molecule has 0 bridgehead atoms. The van der Waals surface area contributed by atoms with Gasteiger partial charge in [0.1, 0.15) is 23.7 Å². The van der Waals surface area contributed by atoms with E-state index in [-0.39, 0.29) is 5.82 Å². The molecule has 8 heteroatoms. The molecule has 0 radical (unpaired) electrons. The Balaban J connectivity index is 1.33. The van der Waals surface area contributed by atoms with Gasteiger partial charge in [-0.2, -0.15) is 5.10 Å². The average Bonchev–Trinajstić information content (AvgIpc) is 3.48. The topological polar surface area (TPSA) is 69.8 Å². The predicted molar refractivity (Wildman–Crippen MR) is 126 cm³/mol. The van der Waals surface area contributed by atoms with Gasteiger partial charge in [0.05, 0.1) is 24.0 Å². The molecular formula is C25H23FN6O. The molecule has 0 atom stereocenters. The smallest absolute Gasteiger partial charge is 0.131 e. The Kier molecular flexibility index (Phi) is 5.48. The van der Waals surface area contributed by atoms with Gasteiger partial charge in [-0.3, -0.25) is 0 Å². The molecular weight excluding hydrogens is 419 g/mol. The van der Waals surface area contributed by atoms with Crippen molar-refractivity contribution in [3.8, 4) is 22.7 Å². The van der Waals surface area contributed by atoms with E-state index < -0.39 is 0 Å². The number of halogens is 1. The number of methoxy groups -OCH3 is 1. The van der Waals surface area contributed by atoms with E-state index in [1.165, 1.54) is 6.07 Å².